The molecule has 0 saturated heterocycles. The predicted molar refractivity (Wildman–Crippen MR) is 79.0 cm³/mol. The third-order valence-electron chi connectivity index (χ3n) is 2.45. The Morgan fingerprint density at radius 1 is 1.39 bits per heavy atom. The van der Waals surface area contributed by atoms with Crippen LogP contribution in [0.4, 0.5) is 5.69 Å². The highest BCUT2D eigenvalue weighted by Gasteiger charge is 2.17. The van der Waals surface area contributed by atoms with Crippen LogP contribution in [0.3, 0.4) is 0 Å². The van der Waals surface area contributed by atoms with E-state index in [9.17, 15) is 0 Å². The summed E-state index contributed by atoms with van der Waals surface area (Å²) in [6.07, 6.45) is 1.77. The summed E-state index contributed by atoms with van der Waals surface area (Å²) < 4.78 is 0. The van der Waals surface area contributed by atoms with Crippen molar-refractivity contribution in [3.8, 4) is 0 Å². The summed E-state index contributed by atoms with van der Waals surface area (Å²) in [4.78, 5) is 8.92. The van der Waals surface area contributed by atoms with Gasteiger partial charge in [0.15, 0.2) is 0 Å². The molecule has 0 aliphatic heterocycles. The Labute approximate surface area is 116 Å². The second kappa shape index (κ2) is 5.28. The van der Waals surface area contributed by atoms with Crippen LogP contribution >= 0.6 is 23.1 Å². The van der Waals surface area contributed by atoms with Gasteiger partial charge >= 0.3 is 0 Å². The van der Waals surface area contributed by atoms with Crippen molar-refractivity contribution in [2.45, 2.75) is 37.0 Å². The third kappa shape index (κ3) is 3.23. The first-order chi connectivity index (χ1) is 8.47. The number of nitrogens with zero attached hydrogens (tertiary/aromatic N) is 2. The summed E-state index contributed by atoms with van der Waals surface area (Å²) in [5.74, 6) is 0.821. The van der Waals surface area contributed by atoms with E-state index in [1.807, 2.05) is 12.1 Å². The number of thiazole rings is 1. The van der Waals surface area contributed by atoms with Crippen LogP contribution in [0.15, 0.2) is 28.7 Å². The number of rotatable bonds is 3. The van der Waals surface area contributed by atoms with E-state index in [2.05, 4.69) is 36.1 Å². The van der Waals surface area contributed by atoms with E-state index in [1.54, 1.807) is 29.3 Å². The second-order valence-electron chi connectivity index (χ2n) is 5.06. The molecule has 0 aliphatic carbocycles. The number of hydrogen-bond donors (Lipinski definition) is 1. The molecule has 3 nitrogen and oxygen atoms in total. The summed E-state index contributed by atoms with van der Waals surface area (Å²) in [7, 11) is 0. The highest BCUT2D eigenvalue weighted by atomic mass is 32.2. The number of thioether (sulfide) groups is 1. The monoisotopic (exact) mass is 279 g/mol. The zero-order valence-electron chi connectivity index (χ0n) is 10.8. The van der Waals surface area contributed by atoms with E-state index in [-0.39, 0.29) is 5.41 Å². The van der Waals surface area contributed by atoms with Crippen molar-refractivity contribution < 1.29 is 0 Å². The zero-order chi connectivity index (χ0) is 13.2. The van der Waals surface area contributed by atoms with Gasteiger partial charge in [-0.2, -0.15) is 0 Å². The molecule has 0 aromatic carbocycles. The molecule has 5 heteroatoms. The molecular weight excluding hydrogens is 262 g/mol. The van der Waals surface area contributed by atoms with Crippen molar-refractivity contribution in [2.75, 3.05) is 5.73 Å². The lowest BCUT2D eigenvalue weighted by Crippen LogP contribution is -2.11. The van der Waals surface area contributed by atoms with Gasteiger partial charge in [-0.1, -0.05) is 32.5 Å². The molecule has 2 N–H and O–H groups in total. The van der Waals surface area contributed by atoms with Crippen LogP contribution in [0.25, 0.3) is 0 Å². The van der Waals surface area contributed by atoms with E-state index in [0.29, 0.717) is 0 Å². The number of aromatic nitrogens is 2. The van der Waals surface area contributed by atoms with Gasteiger partial charge in [0, 0.05) is 17.0 Å². The van der Waals surface area contributed by atoms with Crippen molar-refractivity contribution >= 4 is 28.8 Å². The van der Waals surface area contributed by atoms with Gasteiger partial charge in [-0.25, -0.2) is 9.97 Å². The molecule has 96 valence electrons. The Balaban J connectivity index is 2.03. The maximum Gasteiger partial charge on any atom is 0.119 e. The van der Waals surface area contributed by atoms with Crippen molar-refractivity contribution in [2.24, 2.45) is 0 Å². The lowest BCUT2D eigenvalue weighted by Gasteiger charge is -2.14. The molecule has 0 bridgehead atoms. The molecule has 0 radical (unpaired) electrons. The summed E-state index contributed by atoms with van der Waals surface area (Å²) in [6.45, 7) is 6.53. The average Bonchev–Trinajstić information content (AvgIpc) is 2.76. The van der Waals surface area contributed by atoms with E-state index in [1.165, 1.54) is 0 Å². The molecule has 18 heavy (non-hydrogen) atoms. The van der Waals surface area contributed by atoms with Gasteiger partial charge in [0.05, 0.1) is 17.1 Å². The Morgan fingerprint density at radius 2 is 2.17 bits per heavy atom. The zero-order valence-corrected chi connectivity index (χ0v) is 12.4. The molecule has 2 heterocycles. The molecule has 0 amide bonds. The molecule has 2 rings (SSSR count). The molecular formula is C13H17N3S2. The lowest BCUT2D eigenvalue weighted by molar-refractivity contribution is 0.572. The highest BCUT2D eigenvalue weighted by molar-refractivity contribution is 7.98. The Kier molecular flexibility index (Phi) is 3.92. The number of nitrogen functional groups attached to an aromatic ring is 1. The van der Waals surface area contributed by atoms with Crippen LogP contribution in [0, 0.1) is 0 Å². The minimum Gasteiger partial charge on any atom is -0.397 e. The standard InChI is InChI=1S/C13H17N3S2/c1-13(2,3)10-7-17-11(16-10)8-18-12-9(14)5-4-6-15-12/h4-7H,8,14H2,1-3H3. The van der Waals surface area contributed by atoms with Crippen molar-refractivity contribution in [1.29, 1.82) is 0 Å². The first-order valence-corrected chi connectivity index (χ1v) is 7.61. The second-order valence-corrected chi connectivity index (χ2v) is 6.97. The molecule has 0 unspecified atom stereocenters. The van der Waals surface area contributed by atoms with Gasteiger partial charge in [0.1, 0.15) is 10.0 Å². The van der Waals surface area contributed by atoms with E-state index < -0.39 is 0 Å². The molecule has 0 fully saturated rings. The van der Waals surface area contributed by atoms with Gasteiger partial charge in [-0.3, -0.25) is 0 Å². The fourth-order valence-electron chi connectivity index (χ4n) is 1.38. The van der Waals surface area contributed by atoms with Crippen LogP contribution in [-0.4, -0.2) is 9.97 Å². The van der Waals surface area contributed by atoms with E-state index >= 15 is 0 Å². The average molecular weight is 279 g/mol. The first kappa shape index (κ1) is 13.4. The highest BCUT2D eigenvalue weighted by Crippen LogP contribution is 2.29. The summed E-state index contributed by atoms with van der Waals surface area (Å²) in [6, 6.07) is 3.72. The molecule has 0 saturated carbocycles. The Morgan fingerprint density at radius 3 is 2.78 bits per heavy atom. The maximum absolute atomic E-state index is 5.86. The summed E-state index contributed by atoms with van der Waals surface area (Å²) in [5.41, 5.74) is 7.86. The predicted octanol–water partition coefficient (Wildman–Crippen LogP) is 3.71. The lowest BCUT2D eigenvalue weighted by atomic mass is 9.93. The van der Waals surface area contributed by atoms with E-state index in [4.69, 9.17) is 5.73 Å². The van der Waals surface area contributed by atoms with Crippen LogP contribution in [0.2, 0.25) is 0 Å². The SMILES string of the molecule is CC(C)(C)c1csc(CSc2ncccc2N)n1. The quantitative estimate of drug-likeness (QED) is 0.870. The fraction of sp³-hybridized carbons (Fsp3) is 0.385. The first-order valence-electron chi connectivity index (χ1n) is 5.75. The van der Waals surface area contributed by atoms with Crippen LogP contribution in [0.5, 0.6) is 0 Å². The minimum absolute atomic E-state index is 0.115. The molecule has 2 aromatic rings. The largest absolute Gasteiger partial charge is 0.397 e. The topological polar surface area (TPSA) is 51.8 Å². The van der Waals surface area contributed by atoms with Gasteiger partial charge in [0.25, 0.3) is 0 Å². The molecule has 0 spiro atoms. The number of hydrogen-bond acceptors (Lipinski definition) is 5. The smallest absolute Gasteiger partial charge is 0.119 e. The summed E-state index contributed by atoms with van der Waals surface area (Å²) in [5, 5.41) is 4.14. The summed E-state index contributed by atoms with van der Waals surface area (Å²) >= 11 is 3.34. The van der Waals surface area contributed by atoms with Gasteiger partial charge in [0.2, 0.25) is 0 Å². The van der Waals surface area contributed by atoms with Gasteiger partial charge in [-0.15, -0.1) is 11.3 Å². The van der Waals surface area contributed by atoms with Crippen LogP contribution in [0.1, 0.15) is 31.5 Å². The molecule has 0 atom stereocenters. The van der Waals surface area contributed by atoms with Crippen molar-refractivity contribution in [3.05, 3.63) is 34.4 Å². The normalized spacial score (nSPS) is 11.7. The van der Waals surface area contributed by atoms with Crippen molar-refractivity contribution in [1.82, 2.24) is 9.97 Å². The Bertz CT molecular complexity index is 529. The molecule has 0 aliphatic rings. The van der Waals surface area contributed by atoms with Crippen LogP contribution in [-0.2, 0) is 11.2 Å². The number of anilines is 1. The minimum atomic E-state index is 0.115. The number of pyridine rings is 1. The molecule has 2 aromatic heterocycles. The van der Waals surface area contributed by atoms with Gasteiger partial charge in [-0.05, 0) is 12.1 Å². The fourth-order valence-corrected chi connectivity index (χ4v) is 3.32. The Hall–Kier alpha value is -1.07. The van der Waals surface area contributed by atoms with E-state index in [0.717, 1.165) is 27.2 Å². The van der Waals surface area contributed by atoms with Crippen molar-refractivity contribution in [3.63, 3.8) is 0 Å². The maximum atomic E-state index is 5.86. The van der Waals surface area contributed by atoms with Crippen LogP contribution < -0.4 is 5.73 Å². The number of nitrogens with two attached hydrogens (primary N) is 1. The van der Waals surface area contributed by atoms with Gasteiger partial charge < -0.3 is 5.73 Å². The third-order valence-corrected chi connectivity index (χ3v) is 4.52.